The molecular formula is C11H13F3N2O2. The van der Waals surface area contributed by atoms with Crippen molar-refractivity contribution in [3.63, 3.8) is 0 Å². The van der Waals surface area contributed by atoms with Gasteiger partial charge in [0.25, 0.3) is 0 Å². The number of halogens is 3. The molecule has 0 spiro atoms. The first-order valence-corrected chi connectivity index (χ1v) is 5.21. The van der Waals surface area contributed by atoms with E-state index in [2.05, 4.69) is 5.32 Å². The first kappa shape index (κ1) is 14.3. The van der Waals surface area contributed by atoms with Gasteiger partial charge in [-0.15, -0.1) is 0 Å². The Hall–Kier alpha value is -1.76. The standard InChI is InChI=1S/C11H13F3N2O2/c12-11(13,14)7-3-1-2-4-9(7)16-6-5-8(15)10(17)18/h1-4,8,16H,5-6,15H2,(H,17,18). The summed E-state index contributed by atoms with van der Waals surface area (Å²) in [6, 6.07) is 3.91. The average Bonchev–Trinajstić information content (AvgIpc) is 2.28. The smallest absolute Gasteiger partial charge is 0.418 e. The largest absolute Gasteiger partial charge is 0.480 e. The molecule has 0 aliphatic carbocycles. The number of nitrogens with one attached hydrogen (secondary N) is 1. The summed E-state index contributed by atoms with van der Waals surface area (Å²) in [5.74, 6) is -1.18. The topological polar surface area (TPSA) is 75.3 Å². The van der Waals surface area contributed by atoms with E-state index >= 15 is 0 Å². The van der Waals surface area contributed by atoms with Crippen molar-refractivity contribution in [3.8, 4) is 0 Å². The summed E-state index contributed by atoms with van der Waals surface area (Å²) in [6.45, 7) is 0.0561. The number of hydrogen-bond acceptors (Lipinski definition) is 3. The maximum Gasteiger partial charge on any atom is 0.418 e. The van der Waals surface area contributed by atoms with Gasteiger partial charge in [-0.1, -0.05) is 12.1 Å². The van der Waals surface area contributed by atoms with Crippen LogP contribution in [0.25, 0.3) is 0 Å². The molecule has 0 saturated carbocycles. The predicted molar refractivity (Wildman–Crippen MR) is 60.2 cm³/mol. The Morgan fingerprint density at radius 2 is 2.00 bits per heavy atom. The van der Waals surface area contributed by atoms with Crippen molar-refractivity contribution < 1.29 is 23.1 Å². The molecule has 1 aromatic carbocycles. The van der Waals surface area contributed by atoms with E-state index in [-0.39, 0.29) is 18.7 Å². The number of hydrogen-bond donors (Lipinski definition) is 3. The van der Waals surface area contributed by atoms with Gasteiger partial charge < -0.3 is 16.2 Å². The first-order valence-electron chi connectivity index (χ1n) is 5.21. The van der Waals surface area contributed by atoms with Crippen LogP contribution in [0, 0.1) is 0 Å². The molecule has 1 rings (SSSR count). The number of carboxylic acid groups (broad SMARTS) is 1. The zero-order chi connectivity index (χ0) is 13.8. The van der Waals surface area contributed by atoms with Gasteiger partial charge >= 0.3 is 12.1 Å². The van der Waals surface area contributed by atoms with Crippen molar-refractivity contribution in [1.29, 1.82) is 0 Å². The van der Waals surface area contributed by atoms with Crippen molar-refractivity contribution in [2.45, 2.75) is 18.6 Å². The summed E-state index contributed by atoms with van der Waals surface area (Å²) in [5.41, 5.74) is 4.38. The molecule has 0 saturated heterocycles. The fourth-order valence-electron chi connectivity index (χ4n) is 1.37. The zero-order valence-corrected chi connectivity index (χ0v) is 9.37. The molecule has 0 amide bonds. The van der Waals surface area contributed by atoms with Gasteiger partial charge in [0.15, 0.2) is 0 Å². The molecule has 18 heavy (non-hydrogen) atoms. The minimum Gasteiger partial charge on any atom is -0.480 e. The predicted octanol–water partition coefficient (Wildman–Crippen LogP) is 1.92. The molecule has 1 atom stereocenters. The Kier molecular flexibility index (Phi) is 4.55. The lowest BCUT2D eigenvalue weighted by atomic mass is 10.1. The van der Waals surface area contributed by atoms with Crippen molar-refractivity contribution in [2.75, 3.05) is 11.9 Å². The monoisotopic (exact) mass is 262 g/mol. The number of aliphatic carboxylic acids is 1. The van der Waals surface area contributed by atoms with E-state index in [1.54, 1.807) is 0 Å². The van der Waals surface area contributed by atoms with Gasteiger partial charge in [-0.3, -0.25) is 4.79 Å². The van der Waals surface area contributed by atoms with E-state index in [9.17, 15) is 18.0 Å². The quantitative estimate of drug-likeness (QED) is 0.757. The minimum absolute atomic E-state index is 0.0432. The van der Waals surface area contributed by atoms with Crippen LogP contribution in [-0.2, 0) is 11.0 Å². The van der Waals surface area contributed by atoms with Gasteiger partial charge in [-0.2, -0.15) is 13.2 Å². The Labute approximate surface area is 102 Å². The van der Waals surface area contributed by atoms with Crippen molar-refractivity contribution in [3.05, 3.63) is 29.8 Å². The van der Waals surface area contributed by atoms with Crippen LogP contribution in [0.2, 0.25) is 0 Å². The molecule has 0 heterocycles. The number of nitrogens with two attached hydrogens (primary N) is 1. The molecule has 0 fully saturated rings. The zero-order valence-electron chi connectivity index (χ0n) is 9.37. The Balaban J connectivity index is 2.66. The minimum atomic E-state index is -4.45. The van der Waals surface area contributed by atoms with Gasteiger partial charge in [0, 0.05) is 12.2 Å². The summed E-state index contributed by atoms with van der Waals surface area (Å²) in [4.78, 5) is 10.4. The molecule has 0 aliphatic heterocycles. The van der Waals surface area contributed by atoms with Crippen molar-refractivity contribution >= 4 is 11.7 Å². The summed E-state index contributed by atoms with van der Waals surface area (Å²) in [6.07, 6.45) is -4.40. The first-order chi connectivity index (χ1) is 8.32. The van der Waals surface area contributed by atoms with Crippen LogP contribution in [0.1, 0.15) is 12.0 Å². The van der Waals surface area contributed by atoms with Crippen LogP contribution in [0.4, 0.5) is 18.9 Å². The van der Waals surface area contributed by atoms with Crippen LogP contribution >= 0.6 is 0 Å². The number of anilines is 1. The SMILES string of the molecule is NC(CCNc1ccccc1C(F)(F)F)C(=O)O. The highest BCUT2D eigenvalue weighted by molar-refractivity contribution is 5.73. The van der Waals surface area contributed by atoms with Crippen LogP contribution in [-0.4, -0.2) is 23.7 Å². The summed E-state index contributed by atoms with van der Waals surface area (Å²) in [7, 11) is 0. The molecule has 7 heteroatoms. The van der Waals surface area contributed by atoms with Crippen LogP contribution in [0.15, 0.2) is 24.3 Å². The normalized spacial score (nSPS) is 13.1. The fourth-order valence-corrected chi connectivity index (χ4v) is 1.37. The highest BCUT2D eigenvalue weighted by Gasteiger charge is 2.33. The summed E-state index contributed by atoms with van der Waals surface area (Å²) < 4.78 is 37.8. The van der Waals surface area contributed by atoms with E-state index in [1.165, 1.54) is 18.2 Å². The number of alkyl halides is 3. The number of rotatable bonds is 5. The van der Waals surface area contributed by atoms with E-state index in [0.717, 1.165) is 6.07 Å². The van der Waals surface area contributed by atoms with Gasteiger partial charge in [-0.25, -0.2) is 0 Å². The summed E-state index contributed by atoms with van der Waals surface area (Å²) in [5, 5.41) is 11.1. The number of carbonyl (C=O) groups is 1. The van der Waals surface area contributed by atoms with Gasteiger partial charge in [0.1, 0.15) is 6.04 Å². The Bertz CT molecular complexity index is 421. The maximum absolute atomic E-state index is 12.6. The van der Waals surface area contributed by atoms with Crippen molar-refractivity contribution in [2.24, 2.45) is 5.73 Å². The average molecular weight is 262 g/mol. The molecule has 4 N–H and O–H groups in total. The third-order valence-corrected chi connectivity index (χ3v) is 2.32. The van der Waals surface area contributed by atoms with Gasteiger partial charge in [0.2, 0.25) is 0 Å². The van der Waals surface area contributed by atoms with Gasteiger partial charge in [0.05, 0.1) is 5.56 Å². The molecule has 0 bridgehead atoms. The Morgan fingerprint density at radius 1 is 1.39 bits per heavy atom. The van der Waals surface area contributed by atoms with E-state index in [1.807, 2.05) is 0 Å². The molecule has 0 aliphatic rings. The second-order valence-corrected chi connectivity index (χ2v) is 3.70. The maximum atomic E-state index is 12.6. The third-order valence-electron chi connectivity index (χ3n) is 2.32. The van der Waals surface area contributed by atoms with Crippen LogP contribution in [0.3, 0.4) is 0 Å². The second kappa shape index (κ2) is 5.72. The van der Waals surface area contributed by atoms with Gasteiger partial charge in [-0.05, 0) is 18.6 Å². The van der Waals surface area contributed by atoms with Crippen LogP contribution in [0.5, 0.6) is 0 Å². The molecule has 0 radical (unpaired) electrons. The Morgan fingerprint density at radius 3 is 2.56 bits per heavy atom. The number of para-hydroxylation sites is 1. The third kappa shape index (κ3) is 3.92. The highest BCUT2D eigenvalue weighted by Crippen LogP contribution is 2.34. The van der Waals surface area contributed by atoms with E-state index < -0.39 is 23.8 Å². The molecule has 0 aromatic heterocycles. The second-order valence-electron chi connectivity index (χ2n) is 3.70. The number of carboxylic acids is 1. The molecule has 1 aromatic rings. The lowest BCUT2D eigenvalue weighted by molar-refractivity contribution is -0.139. The molecule has 100 valence electrons. The molecule has 4 nitrogen and oxygen atoms in total. The fraction of sp³-hybridized carbons (Fsp3) is 0.364. The highest BCUT2D eigenvalue weighted by atomic mass is 19.4. The number of benzene rings is 1. The van der Waals surface area contributed by atoms with Crippen molar-refractivity contribution in [1.82, 2.24) is 0 Å². The molecular weight excluding hydrogens is 249 g/mol. The lowest BCUT2D eigenvalue weighted by Crippen LogP contribution is -2.32. The molecule has 1 unspecified atom stereocenters. The van der Waals surface area contributed by atoms with Crippen LogP contribution < -0.4 is 11.1 Å². The van der Waals surface area contributed by atoms with E-state index in [0.29, 0.717) is 0 Å². The lowest BCUT2D eigenvalue weighted by Gasteiger charge is -2.15. The summed E-state index contributed by atoms with van der Waals surface area (Å²) >= 11 is 0. The van der Waals surface area contributed by atoms with E-state index in [4.69, 9.17) is 10.8 Å².